The molecule has 0 heterocycles. The fourth-order valence-electron chi connectivity index (χ4n) is 2.39. The Labute approximate surface area is 143 Å². The molecule has 0 fully saturated rings. The molecule has 2 N–H and O–H groups in total. The van der Waals surface area contributed by atoms with Crippen LogP contribution in [-0.4, -0.2) is 32.1 Å². The van der Waals surface area contributed by atoms with E-state index in [1.165, 1.54) is 5.56 Å². The summed E-state index contributed by atoms with van der Waals surface area (Å²) in [5.41, 5.74) is 3.38. The van der Waals surface area contributed by atoms with Crippen LogP contribution < -0.4 is 15.4 Å². The summed E-state index contributed by atoms with van der Waals surface area (Å²) in [7, 11) is 5.70. The van der Waals surface area contributed by atoms with Gasteiger partial charge in [-0.05, 0) is 42.9 Å². The number of methoxy groups -OCH3 is 1. The monoisotopic (exact) mass is 327 g/mol. The van der Waals surface area contributed by atoms with Crippen LogP contribution in [0, 0.1) is 0 Å². The van der Waals surface area contributed by atoms with Gasteiger partial charge in [-0.1, -0.05) is 36.4 Å². The predicted octanol–water partition coefficient (Wildman–Crippen LogP) is 2.76. The van der Waals surface area contributed by atoms with Crippen LogP contribution in [0.5, 0.6) is 5.75 Å². The Balaban J connectivity index is 1.82. The van der Waals surface area contributed by atoms with Gasteiger partial charge in [0.2, 0.25) is 0 Å². The lowest BCUT2D eigenvalue weighted by Gasteiger charge is -2.15. The molecule has 5 nitrogen and oxygen atoms in total. The van der Waals surface area contributed by atoms with E-state index in [2.05, 4.69) is 21.6 Å². The summed E-state index contributed by atoms with van der Waals surface area (Å²) in [6.07, 6.45) is 0. The minimum atomic E-state index is -0.175. The topological polar surface area (TPSA) is 53.6 Å². The van der Waals surface area contributed by atoms with Crippen LogP contribution in [0.3, 0.4) is 0 Å². The number of amides is 2. The van der Waals surface area contributed by atoms with Crippen molar-refractivity contribution in [3.8, 4) is 5.75 Å². The molecule has 128 valence electrons. The number of benzene rings is 2. The number of carbonyl (C=O) groups excluding carboxylic acids is 1. The molecule has 0 aromatic heterocycles. The summed E-state index contributed by atoms with van der Waals surface area (Å²) in [4.78, 5) is 14.1. The number of nitrogens with zero attached hydrogens (tertiary/aromatic N) is 1. The highest BCUT2D eigenvalue weighted by atomic mass is 16.5. The molecule has 2 rings (SSSR count). The molecular formula is C19H25N3O2. The molecule has 5 heteroatoms. The summed E-state index contributed by atoms with van der Waals surface area (Å²) in [5.74, 6) is 0.806. The second-order valence-electron chi connectivity index (χ2n) is 5.89. The zero-order valence-electron chi connectivity index (χ0n) is 14.5. The predicted molar refractivity (Wildman–Crippen MR) is 95.9 cm³/mol. The normalized spacial score (nSPS) is 10.5. The van der Waals surface area contributed by atoms with Gasteiger partial charge in [0.15, 0.2) is 0 Å². The zero-order chi connectivity index (χ0) is 17.4. The van der Waals surface area contributed by atoms with E-state index in [0.29, 0.717) is 13.1 Å². The van der Waals surface area contributed by atoms with Gasteiger partial charge in [0.1, 0.15) is 5.75 Å². The number of hydrogen-bond acceptors (Lipinski definition) is 3. The van der Waals surface area contributed by atoms with Crippen LogP contribution in [0.4, 0.5) is 4.79 Å². The lowest BCUT2D eigenvalue weighted by Crippen LogP contribution is -2.34. The third-order valence-electron chi connectivity index (χ3n) is 3.66. The number of carbonyl (C=O) groups is 1. The first-order chi connectivity index (χ1) is 11.6. The van der Waals surface area contributed by atoms with Gasteiger partial charge in [-0.15, -0.1) is 0 Å². The molecule has 0 saturated heterocycles. The van der Waals surface area contributed by atoms with Crippen molar-refractivity contribution >= 4 is 6.03 Å². The van der Waals surface area contributed by atoms with E-state index in [9.17, 15) is 4.79 Å². The van der Waals surface area contributed by atoms with E-state index in [1.54, 1.807) is 7.11 Å². The zero-order valence-corrected chi connectivity index (χ0v) is 14.5. The maximum absolute atomic E-state index is 12.0. The van der Waals surface area contributed by atoms with Crippen molar-refractivity contribution in [3.63, 3.8) is 0 Å². The Morgan fingerprint density at radius 1 is 0.958 bits per heavy atom. The van der Waals surface area contributed by atoms with Crippen LogP contribution in [0.1, 0.15) is 16.7 Å². The smallest absolute Gasteiger partial charge is 0.315 e. The van der Waals surface area contributed by atoms with Crippen molar-refractivity contribution in [3.05, 3.63) is 65.2 Å². The molecule has 0 bridgehead atoms. The minimum absolute atomic E-state index is 0.175. The summed E-state index contributed by atoms with van der Waals surface area (Å²) in [6.45, 7) is 1.85. The maximum atomic E-state index is 12.0. The standard InChI is InChI=1S/C19H25N3O2/c1-22(2)14-17-7-5-4-6-16(17)13-21-19(23)20-12-15-8-10-18(24-3)11-9-15/h4-11H,12-14H2,1-3H3,(H2,20,21,23). The quantitative estimate of drug-likeness (QED) is 0.822. The number of nitrogens with one attached hydrogen (secondary N) is 2. The van der Waals surface area contributed by atoms with Crippen molar-refractivity contribution < 1.29 is 9.53 Å². The Hall–Kier alpha value is -2.53. The van der Waals surface area contributed by atoms with E-state index in [-0.39, 0.29) is 6.03 Å². The van der Waals surface area contributed by atoms with Crippen LogP contribution >= 0.6 is 0 Å². The van der Waals surface area contributed by atoms with Crippen molar-refractivity contribution in [1.82, 2.24) is 15.5 Å². The Morgan fingerprint density at radius 3 is 2.21 bits per heavy atom. The van der Waals surface area contributed by atoms with E-state index >= 15 is 0 Å². The molecule has 0 radical (unpaired) electrons. The van der Waals surface area contributed by atoms with Gasteiger partial charge in [0.05, 0.1) is 7.11 Å². The maximum Gasteiger partial charge on any atom is 0.315 e. The molecule has 0 saturated carbocycles. The third-order valence-corrected chi connectivity index (χ3v) is 3.66. The third kappa shape index (κ3) is 5.59. The second-order valence-corrected chi connectivity index (χ2v) is 5.89. The molecule has 24 heavy (non-hydrogen) atoms. The Morgan fingerprint density at radius 2 is 1.58 bits per heavy atom. The molecular weight excluding hydrogens is 302 g/mol. The molecule has 0 aliphatic carbocycles. The van der Waals surface area contributed by atoms with Gasteiger partial charge < -0.3 is 20.3 Å². The van der Waals surface area contributed by atoms with E-state index in [4.69, 9.17) is 4.74 Å². The highest BCUT2D eigenvalue weighted by Gasteiger charge is 2.05. The van der Waals surface area contributed by atoms with Crippen LogP contribution in [0.2, 0.25) is 0 Å². The van der Waals surface area contributed by atoms with Gasteiger partial charge in [0, 0.05) is 19.6 Å². The van der Waals surface area contributed by atoms with E-state index in [0.717, 1.165) is 23.4 Å². The van der Waals surface area contributed by atoms with Crippen LogP contribution in [-0.2, 0) is 19.6 Å². The molecule has 2 aromatic rings. The molecule has 2 aromatic carbocycles. The first-order valence-electron chi connectivity index (χ1n) is 7.94. The number of urea groups is 1. The summed E-state index contributed by atoms with van der Waals surface area (Å²) in [6, 6.07) is 15.6. The van der Waals surface area contributed by atoms with Crippen molar-refractivity contribution in [2.45, 2.75) is 19.6 Å². The fraction of sp³-hybridized carbons (Fsp3) is 0.316. The first-order valence-corrected chi connectivity index (χ1v) is 7.94. The summed E-state index contributed by atoms with van der Waals surface area (Å²) < 4.78 is 5.12. The molecule has 0 atom stereocenters. The second kappa shape index (κ2) is 8.93. The van der Waals surface area contributed by atoms with Gasteiger partial charge in [-0.3, -0.25) is 0 Å². The summed E-state index contributed by atoms with van der Waals surface area (Å²) >= 11 is 0. The number of ether oxygens (including phenoxy) is 1. The molecule has 0 aliphatic rings. The average Bonchev–Trinajstić information content (AvgIpc) is 2.59. The van der Waals surface area contributed by atoms with Crippen molar-refractivity contribution in [1.29, 1.82) is 0 Å². The Bertz CT molecular complexity index is 654. The fourth-order valence-corrected chi connectivity index (χ4v) is 2.39. The molecule has 0 spiro atoms. The van der Waals surface area contributed by atoms with Crippen LogP contribution in [0.15, 0.2) is 48.5 Å². The van der Waals surface area contributed by atoms with E-state index < -0.39 is 0 Å². The minimum Gasteiger partial charge on any atom is -0.497 e. The van der Waals surface area contributed by atoms with Gasteiger partial charge in [0.25, 0.3) is 0 Å². The van der Waals surface area contributed by atoms with Crippen molar-refractivity contribution in [2.24, 2.45) is 0 Å². The van der Waals surface area contributed by atoms with Gasteiger partial charge in [-0.25, -0.2) is 4.79 Å². The highest BCUT2D eigenvalue weighted by Crippen LogP contribution is 2.11. The number of hydrogen-bond donors (Lipinski definition) is 2. The molecule has 2 amide bonds. The Kier molecular flexibility index (Phi) is 6.63. The van der Waals surface area contributed by atoms with Crippen molar-refractivity contribution in [2.75, 3.05) is 21.2 Å². The molecule has 0 aliphatic heterocycles. The van der Waals surface area contributed by atoms with E-state index in [1.807, 2.05) is 56.6 Å². The lowest BCUT2D eigenvalue weighted by atomic mass is 10.1. The lowest BCUT2D eigenvalue weighted by molar-refractivity contribution is 0.240. The largest absolute Gasteiger partial charge is 0.497 e. The first kappa shape index (κ1) is 17.8. The average molecular weight is 327 g/mol. The van der Waals surface area contributed by atoms with Crippen LogP contribution in [0.25, 0.3) is 0 Å². The number of rotatable bonds is 7. The summed E-state index contributed by atoms with van der Waals surface area (Å²) in [5, 5.41) is 5.78. The SMILES string of the molecule is COc1ccc(CNC(=O)NCc2ccccc2CN(C)C)cc1. The molecule has 0 unspecified atom stereocenters. The highest BCUT2D eigenvalue weighted by molar-refractivity contribution is 5.73. The van der Waals surface area contributed by atoms with Gasteiger partial charge in [-0.2, -0.15) is 0 Å². The van der Waals surface area contributed by atoms with Gasteiger partial charge >= 0.3 is 6.03 Å².